The van der Waals surface area contributed by atoms with Gasteiger partial charge in [0, 0.05) is 6.54 Å². The summed E-state index contributed by atoms with van der Waals surface area (Å²) >= 11 is 0. The molecular weight excluding hydrogens is 409 g/mol. The SMILES string of the molecule is CCOc1ccc(CNC(=O)Cn2nc(C(F)(F)F)c([N+](=O)[O-])c2C)cc1OCC. The van der Waals surface area contributed by atoms with Crippen LogP contribution in [0.4, 0.5) is 18.9 Å². The van der Waals surface area contributed by atoms with Gasteiger partial charge in [-0.2, -0.15) is 18.3 Å². The van der Waals surface area contributed by atoms with Crippen molar-refractivity contribution in [1.29, 1.82) is 0 Å². The number of nitro groups is 1. The molecule has 0 aliphatic carbocycles. The minimum Gasteiger partial charge on any atom is -0.490 e. The Morgan fingerprint density at radius 2 is 1.87 bits per heavy atom. The van der Waals surface area contributed by atoms with Gasteiger partial charge in [0.2, 0.25) is 11.6 Å². The number of carbonyl (C=O) groups is 1. The van der Waals surface area contributed by atoms with Crippen LogP contribution in [-0.2, 0) is 24.1 Å². The molecule has 30 heavy (non-hydrogen) atoms. The quantitative estimate of drug-likeness (QED) is 0.483. The fourth-order valence-electron chi connectivity index (χ4n) is 2.70. The fourth-order valence-corrected chi connectivity index (χ4v) is 2.70. The van der Waals surface area contributed by atoms with Crippen molar-refractivity contribution in [2.75, 3.05) is 13.2 Å². The van der Waals surface area contributed by atoms with Gasteiger partial charge in [0.1, 0.15) is 12.2 Å². The highest BCUT2D eigenvalue weighted by Crippen LogP contribution is 2.36. The van der Waals surface area contributed by atoms with Crippen molar-refractivity contribution in [2.45, 2.75) is 40.0 Å². The highest BCUT2D eigenvalue weighted by Gasteiger charge is 2.44. The molecule has 0 radical (unpaired) electrons. The second-order valence-electron chi connectivity index (χ2n) is 6.12. The summed E-state index contributed by atoms with van der Waals surface area (Å²) in [6, 6.07) is 5.08. The van der Waals surface area contributed by atoms with E-state index in [0.717, 1.165) is 6.92 Å². The summed E-state index contributed by atoms with van der Waals surface area (Å²) in [6.07, 6.45) is -5.01. The third kappa shape index (κ3) is 5.39. The van der Waals surface area contributed by atoms with E-state index in [0.29, 0.717) is 35.0 Å². The molecular formula is C18H21F3N4O5. The summed E-state index contributed by atoms with van der Waals surface area (Å²) in [5, 5.41) is 16.8. The van der Waals surface area contributed by atoms with E-state index in [1.54, 1.807) is 18.2 Å². The second kappa shape index (κ2) is 9.46. The molecule has 1 amide bonds. The zero-order valence-electron chi connectivity index (χ0n) is 16.6. The van der Waals surface area contributed by atoms with Gasteiger partial charge in [0.05, 0.1) is 18.1 Å². The Morgan fingerprint density at radius 1 is 1.23 bits per heavy atom. The Balaban J connectivity index is 2.12. The molecule has 0 spiro atoms. The molecule has 0 bridgehead atoms. The summed E-state index contributed by atoms with van der Waals surface area (Å²) in [6.45, 7) is 5.08. The number of benzene rings is 1. The van der Waals surface area contributed by atoms with E-state index in [-0.39, 0.29) is 12.2 Å². The van der Waals surface area contributed by atoms with Gasteiger partial charge in [0.25, 0.3) is 0 Å². The molecule has 1 aromatic heterocycles. The van der Waals surface area contributed by atoms with Crippen molar-refractivity contribution < 1.29 is 32.4 Å². The lowest BCUT2D eigenvalue weighted by molar-refractivity contribution is -0.388. The van der Waals surface area contributed by atoms with Gasteiger partial charge in [-0.05, 0) is 38.5 Å². The normalized spacial score (nSPS) is 11.3. The largest absolute Gasteiger partial charge is 0.490 e. The van der Waals surface area contributed by atoms with Gasteiger partial charge in [-0.15, -0.1) is 0 Å². The van der Waals surface area contributed by atoms with Gasteiger partial charge < -0.3 is 14.8 Å². The van der Waals surface area contributed by atoms with E-state index in [2.05, 4.69) is 10.4 Å². The van der Waals surface area contributed by atoms with Crippen molar-refractivity contribution in [3.05, 3.63) is 45.3 Å². The third-order valence-electron chi connectivity index (χ3n) is 4.02. The zero-order chi connectivity index (χ0) is 22.5. The van der Waals surface area contributed by atoms with Gasteiger partial charge in [0.15, 0.2) is 11.5 Å². The molecule has 2 rings (SSSR count). The van der Waals surface area contributed by atoms with Crippen LogP contribution >= 0.6 is 0 Å². The van der Waals surface area contributed by atoms with E-state index < -0.39 is 34.9 Å². The van der Waals surface area contributed by atoms with Crippen molar-refractivity contribution in [1.82, 2.24) is 15.1 Å². The maximum Gasteiger partial charge on any atom is 0.442 e. The van der Waals surface area contributed by atoms with Crippen LogP contribution in [0.5, 0.6) is 11.5 Å². The van der Waals surface area contributed by atoms with E-state index in [1.807, 2.05) is 13.8 Å². The van der Waals surface area contributed by atoms with Crippen LogP contribution < -0.4 is 14.8 Å². The van der Waals surface area contributed by atoms with Gasteiger partial charge in [-0.25, -0.2) is 0 Å². The number of nitrogens with zero attached hydrogens (tertiary/aromatic N) is 3. The number of hydrogen-bond acceptors (Lipinski definition) is 6. The number of amides is 1. The van der Waals surface area contributed by atoms with Crippen LogP contribution in [0.15, 0.2) is 18.2 Å². The molecule has 0 aliphatic heterocycles. The molecule has 164 valence electrons. The number of alkyl halides is 3. The number of aromatic nitrogens is 2. The Labute approximate surface area is 169 Å². The van der Waals surface area contributed by atoms with Crippen LogP contribution in [0, 0.1) is 17.0 Å². The molecule has 9 nitrogen and oxygen atoms in total. The number of ether oxygens (including phenoxy) is 2. The summed E-state index contributed by atoms with van der Waals surface area (Å²) in [5.74, 6) is 0.393. The molecule has 0 fully saturated rings. The predicted molar refractivity (Wildman–Crippen MR) is 99.2 cm³/mol. The molecule has 0 saturated carbocycles. The molecule has 1 N–H and O–H groups in total. The number of carbonyl (C=O) groups excluding carboxylic acids is 1. The summed E-state index contributed by atoms with van der Waals surface area (Å²) in [5.41, 5.74) is -2.48. The minimum absolute atomic E-state index is 0.0693. The van der Waals surface area contributed by atoms with Gasteiger partial charge in [-0.3, -0.25) is 19.6 Å². The van der Waals surface area contributed by atoms with E-state index >= 15 is 0 Å². The average molecular weight is 430 g/mol. The third-order valence-corrected chi connectivity index (χ3v) is 4.02. The maximum absolute atomic E-state index is 13.0. The summed E-state index contributed by atoms with van der Waals surface area (Å²) in [4.78, 5) is 22.0. The Bertz CT molecular complexity index is 927. The van der Waals surface area contributed by atoms with Crippen LogP contribution in [-0.4, -0.2) is 33.8 Å². The molecule has 1 aromatic carbocycles. The van der Waals surface area contributed by atoms with Crippen LogP contribution in [0.1, 0.15) is 30.8 Å². The topological polar surface area (TPSA) is 109 Å². The molecule has 2 aromatic rings. The first kappa shape index (κ1) is 23.0. The maximum atomic E-state index is 13.0. The molecule has 0 aliphatic rings. The first-order valence-electron chi connectivity index (χ1n) is 9.02. The zero-order valence-corrected chi connectivity index (χ0v) is 16.6. The minimum atomic E-state index is -5.01. The van der Waals surface area contributed by atoms with Crippen molar-refractivity contribution in [3.63, 3.8) is 0 Å². The molecule has 1 heterocycles. The van der Waals surface area contributed by atoms with Crippen molar-refractivity contribution in [2.24, 2.45) is 0 Å². The molecule has 0 unspecified atom stereocenters. The number of rotatable bonds is 9. The van der Waals surface area contributed by atoms with Crippen LogP contribution in [0.25, 0.3) is 0 Å². The molecule has 0 saturated heterocycles. The standard InChI is InChI=1S/C18H21F3N4O5/c1-4-29-13-7-6-12(8-14(13)30-5-2)9-22-15(26)10-24-11(3)16(25(27)28)17(23-24)18(19,20)21/h6-8H,4-5,9-10H2,1-3H3,(H,22,26). The lowest BCUT2D eigenvalue weighted by Gasteiger charge is -2.13. The van der Waals surface area contributed by atoms with E-state index in [4.69, 9.17) is 9.47 Å². The number of hydrogen-bond donors (Lipinski definition) is 1. The predicted octanol–water partition coefficient (Wildman–Crippen LogP) is 3.23. The number of nitrogens with one attached hydrogen (secondary N) is 1. The average Bonchev–Trinajstić information content (AvgIpc) is 2.99. The van der Waals surface area contributed by atoms with E-state index in [1.165, 1.54) is 0 Å². The van der Waals surface area contributed by atoms with Crippen LogP contribution in [0.2, 0.25) is 0 Å². The van der Waals surface area contributed by atoms with Gasteiger partial charge in [-0.1, -0.05) is 6.07 Å². The lowest BCUT2D eigenvalue weighted by Crippen LogP contribution is -2.28. The summed E-state index contributed by atoms with van der Waals surface area (Å²) < 4.78 is 50.6. The summed E-state index contributed by atoms with van der Waals surface area (Å²) in [7, 11) is 0. The second-order valence-corrected chi connectivity index (χ2v) is 6.12. The first-order valence-corrected chi connectivity index (χ1v) is 9.02. The molecule has 12 heteroatoms. The first-order chi connectivity index (χ1) is 14.1. The Kier molecular flexibility index (Phi) is 7.24. The molecule has 0 atom stereocenters. The van der Waals surface area contributed by atoms with Crippen LogP contribution in [0.3, 0.4) is 0 Å². The number of halogens is 3. The Hall–Kier alpha value is -3.31. The smallest absolute Gasteiger partial charge is 0.442 e. The lowest BCUT2D eigenvalue weighted by atomic mass is 10.2. The van der Waals surface area contributed by atoms with Gasteiger partial charge >= 0.3 is 11.9 Å². The fraction of sp³-hybridized carbons (Fsp3) is 0.444. The Morgan fingerprint density at radius 3 is 2.40 bits per heavy atom. The van der Waals surface area contributed by atoms with Crippen molar-refractivity contribution in [3.8, 4) is 11.5 Å². The monoisotopic (exact) mass is 430 g/mol. The highest BCUT2D eigenvalue weighted by atomic mass is 19.4. The van der Waals surface area contributed by atoms with Crippen molar-refractivity contribution >= 4 is 11.6 Å². The highest BCUT2D eigenvalue weighted by molar-refractivity contribution is 5.76. The van der Waals surface area contributed by atoms with E-state index in [9.17, 15) is 28.1 Å².